The molecule has 0 aromatic carbocycles. The van der Waals surface area contributed by atoms with Gasteiger partial charge in [-0.1, -0.05) is 0 Å². The highest BCUT2D eigenvalue weighted by Gasteiger charge is 2.32. The minimum Gasteiger partial charge on any atom is -0.336 e. The Morgan fingerprint density at radius 3 is 2.74 bits per heavy atom. The van der Waals surface area contributed by atoms with Crippen molar-refractivity contribution < 1.29 is 13.2 Å². The van der Waals surface area contributed by atoms with Gasteiger partial charge in [0.05, 0.1) is 18.0 Å². The van der Waals surface area contributed by atoms with E-state index in [0.29, 0.717) is 13.1 Å². The minimum atomic E-state index is -3.56. The third-order valence-corrected chi connectivity index (χ3v) is 4.49. The molecule has 1 fully saturated rings. The van der Waals surface area contributed by atoms with E-state index in [0.717, 1.165) is 11.4 Å². The Hall–Kier alpha value is -1.08. The van der Waals surface area contributed by atoms with Crippen molar-refractivity contribution in [3.05, 3.63) is 17.5 Å². The molecule has 1 saturated heterocycles. The molecule has 0 radical (unpaired) electrons. The summed E-state index contributed by atoms with van der Waals surface area (Å²) in [6.45, 7) is 2.77. The molecule has 1 aliphatic rings. The smallest absolute Gasteiger partial charge is 0.232 e. The van der Waals surface area contributed by atoms with Crippen LogP contribution in [0, 0.1) is 12.8 Å². The van der Waals surface area contributed by atoms with Crippen LogP contribution < -0.4 is 0 Å². The maximum atomic E-state index is 11.8. The lowest BCUT2D eigenvalue weighted by Crippen LogP contribution is -2.25. The van der Waals surface area contributed by atoms with Gasteiger partial charge in [0.25, 0.3) is 0 Å². The van der Waals surface area contributed by atoms with Crippen molar-refractivity contribution in [1.82, 2.24) is 14.7 Å². The molecular weight excluding hydrogens is 290 g/mol. The van der Waals surface area contributed by atoms with Gasteiger partial charge in [-0.15, -0.1) is 0 Å². The van der Waals surface area contributed by atoms with E-state index in [2.05, 4.69) is 5.10 Å². The first kappa shape index (κ1) is 14.3. The van der Waals surface area contributed by atoms with Crippen molar-refractivity contribution in [1.29, 1.82) is 0 Å². The normalized spacial score (nSPS) is 20.3. The van der Waals surface area contributed by atoms with Gasteiger partial charge in [0, 0.05) is 42.3 Å². The summed E-state index contributed by atoms with van der Waals surface area (Å²) in [6.07, 6.45) is 0.234. The first-order valence-electron chi connectivity index (χ1n) is 5.94. The van der Waals surface area contributed by atoms with Crippen LogP contribution in [0.15, 0.2) is 6.07 Å². The maximum Gasteiger partial charge on any atom is 0.232 e. The van der Waals surface area contributed by atoms with Gasteiger partial charge in [-0.25, -0.2) is 8.42 Å². The average Bonchev–Trinajstić information content (AvgIpc) is 2.70. The van der Waals surface area contributed by atoms with Gasteiger partial charge in [-0.05, 0) is 13.0 Å². The SMILES string of the molecule is Cc1cc(CN2CC(CS(=O)(=O)Cl)CC2=O)nn1C. The zero-order chi connectivity index (χ0) is 14.2. The molecular formula is C11H16ClN3O3S. The third kappa shape index (κ3) is 3.70. The molecule has 1 aromatic heterocycles. The molecule has 19 heavy (non-hydrogen) atoms. The van der Waals surface area contributed by atoms with E-state index < -0.39 is 9.05 Å². The number of carbonyl (C=O) groups excluding carboxylic acids is 1. The Morgan fingerprint density at radius 2 is 2.21 bits per heavy atom. The van der Waals surface area contributed by atoms with Gasteiger partial charge in [-0.2, -0.15) is 5.10 Å². The quantitative estimate of drug-likeness (QED) is 0.766. The molecule has 2 rings (SSSR count). The molecule has 1 unspecified atom stereocenters. The molecule has 0 saturated carbocycles. The van der Waals surface area contributed by atoms with Crippen molar-refractivity contribution >= 4 is 25.6 Å². The summed E-state index contributed by atoms with van der Waals surface area (Å²) in [4.78, 5) is 13.5. The van der Waals surface area contributed by atoms with Crippen LogP contribution >= 0.6 is 10.7 Å². The summed E-state index contributed by atoms with van der Waals surface area (Å²) in [5.41, 5.74) is 1.82. The molecule has 1 aliphatic heterocycles. The Bertz CT molecular complexity index is 577. The number of hydrogen-bond acceptors (Lipinski definition) is 4. The zero-order valence-corrected chi connectivity index (χ0v) is 12.4. The van der Waals surface area contributed by atoms with Gasteiger partial charge in [0.1, 0.15) is 0 Å². The standard InChI is InChI=1S/C11H16ClN3O3S/c1-8-3-10(13-14(8)2)6-15-5-9(4-11(15)16)7-19(12,17)18/h3,9H,4-7H2,1-2H3. The summed E-state index contributed by atoms with van der Waals surface area (Å²) in [6, 6.07) is 1.92. The lowest BCUT2D eigenvalue weighted by atomic mass is 10.1. The molecule has 2 heterocycles. The first-order valence-corrected chi connectivity index (χ1v) is 8.42. The van der Waals surface area contributed by atoms with Crippen molar-refractivity contribution in [2.45, 2.75) is 19.9 Å². The number of hydrogen-bond donors (Lipinski definition) is 0. The molecule has 0 aliphatic carbocycles. The van der Waals surface area contributed by atoms with Crippen LogP contribution in [0.5, 0.6) is 0 Å². The van der Waals surface area contributed by atoms with Crippen molar-refractivity contribution in [2.75, 3.05) is 12.3 Å². The lowest BCUT2D eigenvalue weighted by molar-refractivity contribution is -0.128. The highest BCUT2D eigenvalue weighted by atomic mass is 35.7. The maximum absolute atomic E-state index is 11.8. The van der Waals surface area contributed by atoms with E-state index in [9.17, 15) is 13.2 Å². The number of rotatable bonds is 4. The largest absolute Gasteiger partial charge is 0.336 e. The van der Waals surface area contributed by atoms with Crippen LogP contribution in [0.25, 0.3) is 0 Å². The van der Waals surface area contributed by atoms with Gasteiger partial charge in [0.15, 0.2) is 0 Å². The molecule has 0 spiro atoms. The van der Waals surface area contributed by atoms with E-state index >= 15 is 0 Å². The monoisotopic (exact) mass is 305 g/mol. The second-order valence-corrected chi connectivity index (χ2v) is 7.77. The predicted molar refractivity (Wildman–Crippen MR) is 71.1 cm³/mol. The number of likely N-dealkylation sites (tertiary alicyclic amines) is 1. The highest BCUT2D eigenvalue weighted by molar-refractivity contribution is 8.13. The molecule has 1 aromatic rings. The molecule has 6 nitrogen and oxygen atoms in total. The Kier molecular flexibility index (Phi) is 3.87. The van der Waals surface area contributed by atoms with Crippen LogP contribution in [-0.4, -0.2) is 41.3 Å². The topological polar surface area (TPSA) is 72.3 Å². The summed E-state index contributed by atoms with van der Waals surface area (Å²) in [5, 5.41) is 4.29. The number of aromatic nitrogens is 2. The van der Waals surface area contributed by atoms with E-state index in [-0.39, 0.29) is 24.0 Å². The Labute approximate surface area is 116 Å². The van der Waals surface area contributed by atoms with Crippen LogP contribution in [0.1, 0.15) is 17.8 Å². The van der Waals surface area contributed by atoms with Gasteiger partial charge < -0.3 is 4.90 Å². The molecule has 8 heteroatoms. The second-order valence-electron chi connectivity index (χ2n) is 4.95. The number of aryl methyl sites for hydroxylation is 2. The molecule has 0 bridgehead atoms. The molecule has 0 N–H and O–H groups in total. The second kappa shape index (κ2) is 5.13. The fourth-order valence-electron chi connectivity index (χ4n) is 2.31. The van der Waals surface area contributed by atoms with E-state index in [4.69, 9.17) is 10.7 Å². The zero-order valence-electron chi connectivity index (χ0n) is 10.8. The van der Waals surface area contributed by atoms with Crippen LogP contribution in [0.4, 0.5) is 0 Å². The van der Waals surface area contributed by atoms with Crippen LogP contribution in [-0.2, 0) is 27.4 Å². The number of carbonyl (C=O) groups is 1. The molecule has 106 valence electrons. The summed E-state index contributed by atoms with van der Waals surface area (Å²) < 4.78 is 23.8. The lowest BCUT2D eigenvalue weighted by Gasteiger charge is -2.14. The number of amides is 1. The first-order chi connectivity index (χ1) is 8.74. The van der Waals surface area contributed by atoms with E-state index in [1.807, 2.05) is 20.0 Å². The third-order valence-electron chi connectivity index (χ3n) is 3.25. The average molecular weight is 306 g/mol. The molecule has 1 atom stereocenters. The highest BCUT2D eigenvalue weighted by Crippen LogP contribution is 2.22. The van der Waals surface area contributed by atoms with Gasteiger partial charge >= 0.3 is 0 Å². The number of halogens is 1. The van der Waals surface area contributed by atoms with Crippen molar-refractivity contribution in [3.63, 3.8) is 0 Å². The Morgan fingerprint density at radius 1 is 1.53 bits per heavy atom. The summed E-state index contributed by atoms with van der Waals surface area (Å²) in [7, 11) is 3.50. The summed E-state index contributed by atoms with van der Waals surface area (Å²) in [5.74, 6) is -0.425. The van der Waals surface area contributed by atoms with Gasteiger partial charge in [-0.3, -0.25) is 9.48 Å². The Balaban J connectivity index is 2.00. The number of nitrogens with zero attached hydrogens (tertiary/aromatic N) is 3. The molecule has 1 amide bonds. The fraction of sp³-hybridized carbons (Fsp3) is 0.636. The minimum absolute atomic E-state index is 0.0476. The van der Waals surface area contributed by atoms with Crippen LogP contribution in [0.3, 0.4) is 0 Å². The van der Waals surface area contributed by atoms with Gasteiger partial charge in [0.2, 0.25) is 15.0 Å². The van der Waals surface area contributed by atoms with E-state index in [1.54, 1.807) is 9.58 Å². The van der Waals surface area contributed by atoms with Crippen LogP contribution in [0.2, 0.25) is 0 Å². The van der Waals surface area contributed by atoms with E-state index in [1.165, 1.54) is 0 Å². The van der Waals surface area contributed by atoms with Crippen molar-refractivity contribution in [3.8, 4) is 0 Å². The summed E-state index contributed by atoms with van der Waals surface area (Å²) >= 11 is 0. The van der Waals surface area contributed by atoms with Crippen molar-refractivity contribution in [2.24, 2.45) is 13.0 Å². The fourth-order valence-corrected chi connectivity index (χ4v) is 3.63. The predicted octanol–water partition coefficient (Wildman–Crippen LogP) is 0.646.